The highest BCUT2D eigenvalue weighted by atomic mass is 19.3. The van der Waals surface area contributed by atoms with Gasteiger partial charge < -0.3 is 5.32 Å². The predicted molar refractivity (Wildman–Crippen MR) is 71.6 cm³/mol. The maximum absolute atomic E-state index is 13.2. The first kappa shape index (κ1) is 17.6. The number of hydrogen-bond acceptors (Lipinski definition) is 4. The highest BCUT2D eigenvalue weighted by molar-refractivity contribution is 6.07. The number of alkyl halides is 4. The Hall–Kier alpha value is -2.72. The molecule has 1 saturated heterocycles. The first-order valence-electron chi connectivity index (χ1n) is 6.54. The van der Waals surface area contributed by atoms with E-state index in [0.717, 1.165) is 19.1 Å². The SMILES string of the molecule is C[C@@]1(c2cccc([N+](=O)[O-])c2)NC(=O)N(CC(F)(F)C(F)F)C1=O. The summed E-state index contributed by atoms with van der Waals surface area (Å²) in [7, 11) is 0. The van der Waals surface area contributed by atoms with Crippen molar-refractivity contribution >= 4 is 17.6 Å². The Morgan fingerprint density at radius 2 is 2.00 bits per heavy atom. The number of urea groups is 1. The number of carbonyl (C=O) groups excluding carboxylic acids is 2. The van der Waals surface area contributed by atoms with Gasteiger partial charge in [-0.05, 0) is 12.5 Å². The summed E-state index contributed by atoms with van der Waals surface area (Å²) in [5.74, 6) is -5.77. The molecule has 3 amide bonds. The van der Waals surface area contributed by atoms with Crippen LogP contribution in [0.15, 0.2) is 24.3 Å². The number of hydrogen-bond donors (Lipinski definition) is 1. The molecular formula is C13H11F4N3O4. The van der Waals surface area contributed by atoms with Crippen molar-refractivity contribution in [1.29, 1.82) is 0 Å². The minimum Gasteiger partial charge on any atom is -0.319 e. The molecule has 0 radical (unpaired) electrons. The number of non-ortho nitro benzene ring substituents is 1. The van der Waals surface area contributed by atoms with Crippen molar-refractivity contribution in [2.24, 2.45) is 0 Å². The van der Waals surface area contributed by atoms with Crippen LogP contribution in [-0.2, 0) is 10.3 Å². The number of nitro groups is 1. The molecule has 1 fully saturated rings. The van der Waals surface area contributed by atoms with E-state index in [1.54, 1.807) is 0 Å². The normalized spacial score (nSPS) is 21.3. The average molecular weight is 349 g/mol. The molecule has 1 N–H and O–H groups in total. The molecule has 2 rings (SSSR count). The number of rotatable bonds is 5. The molecule has 0 aromatic heterocycles. The Morgan fingerprint density at radius 1 is 1.38 bits per heavy atom. The third-order valence-corrected chi connectivity index (χ3v) is 3.60. The van der Waals surface area contributed by atoms with Crippen molar-refractivity contribution in [3.8, 4) is 0 Å². The molecule has 0 aliphatic carbocycles. The first-order valence-corrected chi connectivity index (χ1v) is 6.54. The Kier molecular flexibility index (Phi) is 4.21. The second-order valence-electron chi connectivity index (χ2n) is 5.32. The van der Waals surface area contributed by atoms with Gasteiger partial charge in [-0.2, -0.15) is 8.78 Å². The van der Waals surface area contributed by atoms with Crippen LogP contribution in [0.4, 0.5) is 28.0 Å². The Labute approximate surface area is 132 Å². The minimum absolute atomic E-state index is 0.0228. The zero-order valence-electron chi connectivity index (χ0n) is 12.1. The van der Waals surface area contributed by atoms with E-state index >= 15 is 0 Å². The summed E-state index contributed by atoms with van der Waals surface area (Å²) in [6, 6.07) is 3.37. The van der Waals surface area contributed by atoms with Crippen LogP contribution in [0.5, 0.6) is 0 Å². The molecule has 1 aromatic carbocycles. The predicted octanol–water partition coefficient (Wildman–Crippen LogP) is 2.26. The number of nitrogens with one attached hydrogen (secondary N) is 1. The number of nitro benzene ring substituents is 1. The van der Waals surface area contributed by atoms with Crippen LogP contribution in [0.25, 0.3) is 0 Å². The van der Waals surface area contributed by atoms with Crippen LogP contribution < -0.4 is 5.32 Å². The summed E-state index contributed by atoms with van der Waals surface area (Å²) in [5, 5.41) is 12.9. The zero-order valence-corrected chi connectivity index (χ0v) is 12.1. The number of carbonyl (C=O) groups is 2. The Balaban J connectivity index is 2.36. The smallest absolute Gasteiger partial charge is 0.319 e. The number of imide groups is 1. The lowest BCUT2D eigenvalue weighted by Crippen LogP contribution is -2.46. The van der Waals surface area contributed by atoms with Crippen LogP contribution in [-0.4, -0.2) is 40.7 Å². The molecule has 11 heteroatoms. The first-order chi connectivity index (χ1) is 11.0. The lowest BCUT2D eigenvalue weighted by molar-refractivity contribution is -0.385. The summed E-state index contributed by atoms with van der Waals surface area (Å²) in [6.45, 7) is -0.646. The highest BCUT2D eigenvalue weighted by Crippen LogP contribution is 2.33. The average Bonchev–Trinajstić information content (AvgIpc) is 2.71. The van der Waals surface area contributed by atoms with Crippen LogP contribution >= 0.6 is 0 Å². The van der Waals surface area contributed by atoms with Crippen molar-refractivity contribution in [2.45, 2.75) is 24.8 Å². The van der Waals surface area contributed by atoms with E-state index in [1.165, 1.54) is 12.1 Å². The molecule has 130 valence electrons. The fraction of sp³-hybridized carbons (Fsp3) is 0.385. The topological polar surface area (TPSA) is 92.6 Å². The summed E-state index contributed by atoms with van der Waals surface area (Å²) >= 11 is 0. The fourth-order valence-electron chi connectivity index (χ4n) is 2.25. The minimum atomic E-state index is -4.57. The summed E-state index contributed by atoms with van der Waals surface area (Å²) in [4.78, 5) is 34.1. The van der Waals surface area contributed by atoms with Gasteiger partial charge in [-0.3, -0.25) is 19.8 Å². The highest BCUT2D eigenvalue weighted by Gasteiger charge is 2.54. The second kappa shape index (κ2) is 5.73. The molecule has 0 spiro atoms. The van der Waals surface area contributed by atoms with E-state index in [0.29, 0.717) is 0 Å². The van der Waals surface area contributed by atoms with Crippen LogP contribution in [0, 0.1) is 10.1 Å². The van der Waals surface area contributed by atoms with Gasteiger partial charge in [0.1, 0.15) is 12.1 Å². The zero-order chi connectivity index (χ0) is 18.3. The Bertz CT molecular complexity index is 712. The van der Waals surface area contributed by atoms with Gasteiger partial charge in [-0.15, -0.1) is 0 Å². The van der Waals surface area contributed by atoms with E-state index in [4.69, 9.17) is 0 Å². The third kappa shape index (κ3) is 2.88. The lowest BCUT2D eigenvalue weighted by Gasteiger charge is -2.24. The largest absolute Gasteiger partial charge is 0.325 e. The molecular weight excluding hydrogens is 338 g/mol. The lowest BCUT2D eigenvalue weighted by atomic mass is 9.91. The number of amides is 3. The maximum Gasteiger partial charge on any atom is 0.325 e. The summed E-state index contributed by atoms with van der Waals surface area (Å²) in [5.41, 5.74) is -2.29. The van der Waals surface area contributed by atoms with Gasteiger partial charge in [0.15, 0.2) is 0 Å². The maximum atomic E-state index is 13.2. The van der Waals surface area contributed by atoms with Crippen molar-refractivity contribution in [2.75, 3.05) is 6.54 Å². The molecule has 1 atom stereocenters. The number of nitrogens with zero attached hydrogens (tertiary/aromatic N) is 2. The van der Waals surface area contributed by atoms with Crippen LogP contribution in [0.3, 0.4) is 0 Å². The standard InChI is InChI=1S/C13H11F4N3O4/c1-12(7-3-2-4-8(5-7)20(23)24)10(21)19(11(22)18-12)6-13(16,17)9(14)15/h2-5,9H,6H2,1H3,(H,18,22)/t12-/m0/s1. The van der Waals surface area contributed by atoms with Gasteiger partial charge in [0.2, 0.25) is 0 Å². The molecule has 7 nitrogen and oxygen atoms in total. The summed E-state index contributed by atoms with van der Waals surface area (Å²) in [6.07, 6.45) is -4.05. The van der Waals surface area contributed by atoms with Gasteiger partial charge in [0, 0.05) is 12.1 Å². The van der Waals surface area contributed by atoms with E-state index in [9.17, 15) is 37.3 Å². The van der Waals surface area contributed by atoms with E-state index in [1.807, 2.05) is 0 Å². The van der Waals surface area contributed by atoms with Gasteiger partial charge in [-0.25, -0.2) is 13.6 Å². The number of halogens is 4. The molecule has 0 unspecified atom stereocenters. The molecule has 1 heterocycles. The molecule has 1 aromatic rings. The van der Waals surface area contributed by atoms with Gasteiger partial charge >= 0.3 is 18.4 Å². The summed E-state index contributed by atoms with van der Waals surface area (Å²) < 4.78 is 50.9. The van der Waals surface area contributed by atoms with Gasteiger partial charge in [0.25, 0.3) is 11.6 Å². The monoisotopic (exact) mass is 349 g/mol. The number of benzene rings is 1. The molecule has 1 aliphatic rings. The van der Waals surface area contributed by atoms with Crippen molar-refractivity contribution in [3.05, 3.63) is 39.9 Å². The van der Waals surface area contributed by atoms with E-state index in [2.05, 4.69) is 5.32 Å². The fourth-order valence-corrected chi connectivity index (χ4v) is 2.25. The van der Waals surface area contributed by atoms with E-state index in [-0.39, 0.29) is 16.2 Å². The van der Waals surface area contributed by atoms with Crippen molar-refractivity contribution in [1.82, 2.24) is 10.2 Å². The van der Waals surface area contributed by atoms with Crippen LogP contribution in [0.1, 0.15) is 12.5 Å². The quantitative estimate of drug-likeness (QED) is 0.382. The van der Waals surface area contributed by atoms with Gasteiger partial charge in [-0.1, -0.05) is 12.1 Å². The molecule has 0 saturated carbocycles. The van der Waals surface area contributed by atoms with E-state index < -0.39 is 41.3 Å². The second-order valence-corrected chi connectivity index (χ2v) is 5.32. The molecule has 0 bridgehead atoms. The van der Waals surface area contributed by atoms with Crippen LogP contribution in [0.2, 0.25) is 0 Å². The Morgan fingerprint density at radius 3 is 2.54 bits per heavy atom. The van der Waals surface area contributed by atoms with Gasteiger partial charge in [0.05, 0.1) is 4.92 Å². The van der Waals surface area contributed by atoms with Crippen molar-refractivity contribution < 1.29 is 32.1 Å². The third-order valence-electron chi connectivity index (χ3n) is 3.60. The van der Waals surface area contributed by atoms with Crippen molar-refractivity contribution in [3.63, 3.8) is 0 Å². The molecule has 1 aliphatic heterocycles. The molecule has 24 heavy (non-hydrogen) atoms.